The van der Waals surface area contributed by atoms with Crippen LogP contribution >= 0.6 is 11.3 Å². The minimum atomic E-state index is -5.39. The highest BCUT2D eigenvalue weighted by Gasteiger charge is 2.39. The van der Waals surface area contributed by atoms with Crippen molar-refractivity contribution in [3.8, 4) is 11.5 Å². The Balaban J connectivity index is 2.14. The summed E-state index contributed by atoms with van der Waals surface area (Å²) in [5.74, 6) is -1.85. The number of anilines is 1. The summed E-state index contributed by atoms with van der Waals surface area (Å²) < 4.78 is 156. The van der Waals surface area contributed by atoms with Crippen molar-refractivity contribution in [1.29, 1.82) is 0 Å². The largest absolute Gasteiger partial charge is 0.465 e. The molecule has 6 nitrogen and oxygen atoms in total. The third-order valence-electron chi connectivity index (χ3n) is 4.64. The Hall–Kier alpha value is -3.47. The van der Waals surface area contributed by atoms with E-state index in [1.165, 1.54) is 11.4 Å². The predicted molar refractivity (Wildman–Crippen MR) is 114 cm³/mol. The summed E-state index contributed by atoms with van der Waals surface area (Å²) in [5.41, 5.74) is -6.35. The molecule has 0 aliphatic heterocycles. The maximum absolute atomic E-state index is 13.3. The van der Waals surface area contributed by atoms with E-state index in [0.717, 1.165) is 18.4 Å². The van der Waals surface area contributed by atoms with Gasteiger partial charge in [-0.05, 0) is 47.8 Å². The summed E-state index contributed by atoms with van der Waals surface area (Å²) in [5, 5.41) is 1.33. The monoisotopic (exact) mass is 593 g/mol. The van der Waals surface area contributed by atoms with Crippen LogP contribution in [0.1, 0.15) is 26.4 Å². The van der Waals surface area contributed by atoms with Crippen LogP contribution in [-0.2, 0) is 33.3 Å². The summed E-state index contributed by atoms with van der Waals surface area (Å²) in [7, 11) is -4.34. The average Bonchev–Trinajstić information content (AvgIpc) is 3.25. The van der Waals surface area contributed by atoms with Gasteiger partial charge in [0.15, 0.2) is 16.4 Å². The molecular formula is C21H12F9NO5S2. The van der Waals surface area contributed by atoms with Gasteiger partial charge in [-0.1, -0.05) is 0 Å². The molecule has 1 aromatic heterocycles. The van der Waals surface area contributed by atoms with E-state index >= 15 is 0 Å². The molecule has 0 saturated heterocycles. The number of benzene rings is 2. The molecule has 0 bridgehead atoms. The van der Waals surface area contributed by atoms with Crippen molar-refractivity contribution >= 4 is 33.0 Å². The SMILES string of the molecule is COC(=O)c1sccc1Oc1ccc(C(F)(F)F)cc1NS(=O)(=O)c1cc(C(F)(F)F)cc(C(F)(F)F)c1. The van der Waals surface area contributed by atoms with Gasteiger partial charge in [0.25, 0.3) is 10.0 Å². The van der Waals surface area contributed by atoms with Crippen molar-refractivity contribution in [3.05, 3.63) is 69.4 Å². The lowest BCUT2D eigenvalue weighted by Gasteiger charge is -2.18. The summed E-state index contributed by atoms with van der Waals surface area (Å²) >= 11 is 0.801. The van der Waals surface area contributed by atoms with Crippen LogP contribution in [0.4, 0.5) is 45.2 Å². The highest BCUT2D eigenvalue weighted by atomic mass is 32.2. The predicted octanol–water partition coefficient (Wildman–Crippen LogP) is 7.18. The lowest BCUT2D eigenvalue weighted by molar-refractivity contribution is -0.143. The van der Waals surface area contributed by atoms with Gasteiger partial charge in [0.1, 0.15) is 0 Å². The molecule has 0 unspecified atom stereocenters. The average molecular weight is 593 g/mol. The summed E-state index contributed by atoms with van der Waals surface area (Å²) in [6, 6.07) is 1.99. The van der Waals surface area contributed by atoms with Crippen molar-refractivity contribution in [3.63, 3.8) is 0 Å². The molecule has 38 heavy (non-hydrogen) atoms. The number of thiophene rings is 1. The van der Waals surface area contributed by atoms with E-state index in [0.29, 0.717) is 12.1 Å². The maximum Gasteiger partial charge on any atom is 0.416 e. The van der Waals surface area contributed by atoms with Gasteiger partial charge in [-0.3, -0.25) is 4.72 Å². The molecule has 3 aromatic rings. The van der Waals surface area contributed by atoms with Crippen molar-refractivity contribution in [2.75, 3.05) is 11.8 Å². The van der Waals surface area contributed by atoms with Gasteiger partial charge in [-0.15, -0.1) is 11.3 Å². The lowest BCUT2D eigenvalue weighted by Crippen LogP contribution is -2.18. The van der Waals surface area contributed by atoms with Crippen LogP contribution in [0.5, 0.6) is 11.5 Å². The quantitative estimate of drug-likeness (QED) is 0.242. The van der Waals surface area contributed by atoms with Crippen molar-refractivity contribution in [2.24, 2.45) is 0 Å². The van der Waals surface area contributed by atoms with Gasteiger partial charge >= 0.3 is 24.5 Å². The van der Waals surface area contributed by atoms with E-state index in [1.54, 1.807) is 4.72 Å². The fraction of sp³-hybridized carbons (Fsp3) is 0.190. The number of alkyl halides is 9. The van der Waals surface area contributed by atoms with Crippen LogP contribution in [0.25, 0.3) is 0 Å². The number of esters is 1. The molecule has 0 saturated carbocycles. The number of ether oxygens (including phenoxy) is 2. The summed E-state index contributed by atoms with van der Waals surface area (Å²) in [4.78, 5) is 10.2. The Morgan fingerprint density at radius 1 is 0.789 bits per heavy atom. The third kappa shape index (κ3) is 6.50. The van der Waals surface area contributed by atoms with Crippen molar-refractivity contribution in [1.82, 2.24) is 0 Å². The lowest BCUT2D eigenvalue weighted by atomic mass is 10.1. The van der Waals surface area contributed by atoms with Gasteiger partial charge < -0.3 is 9.47 Å². The third-order valence-corrected chi connectivity index (χ3v) is 6.86. The number of carbonyl (C=O) groups is 1. The zero-order chi connectivity index (χ0) is 28.7. The normalized spacial score (nSPS) is 12.8. The molecule has 2 aromatic carbocycles. The molecule has 0 radical (unpaired) electrons. The number of hydrogen-bond acceptors (Lipinski definition) is 6. The first-order valence-corrected chi connectivity index (χ1v) is 12.1. The van der Waals surface area contributed by atoms with Crippen molar-refractivity contribution in [2.45, 2.75) is 23.4 Å². The standard InChI is InChI=1S/C21H12F9NO5S2/c1-35-18(32)17-16(4-5-37-17)36-15-3-2-10(19(22,23)24)9-14(15)31-38(33,34)13-7-11(20(25,26)27)6-12(8-13)21(28,29)30/h2-9,31H,1H3. The minimum Gasteiger partial charge on any atom is -0.465 e. The highest BCUT2D eigenvalue weighted by molar-refractivity contribution is 7.92. The zero-order valence-electron chi connectivity index (χ0n) is 18.4. The highest BCUT2D eigenvalue weighted by Crippen LogP contribution is 2.41. The first kappa shape index (κ1) is 29.1. The molecule has 3 rings (SSSR count). The molecule has 0 aliphatic carbocycles. The molecular weight excluding hydrogens is 581 g/mol. The van der Waals surface area contributed by atoms with E-state index in [4.69, 9.17) is 4.74 Å². The smallest absolute Gasteiger partial charge is 0.416 e. The van der Waals surface area contributed by atoms with Crippen LogP contribution in [0, 0.1) is 0 Å². The van der Waals surface area contributed by atoms with Gasteiger partial charge in [-0.25, -0.2) is 13.2 Å². The molecule has 0 aliphatic rings. The Morgan fingerprint density at radius 3 is 1.84 bits per heavy atom. The van der Waals surface area contributed by atoms with Gasteiger partial charge in [0.2, 0.25) is 0 Å². The molecule has 1 N–H and O–H groups in total. The van der Waals surface area contributed by atoms with E-state index in [-0.39, 0.29) is 34.9 Å². The molecule has 206 valence electrons. The first-order chi connectivity index (χ1) is 17.3. The molecule has 17 heteroatoms. The number of methoxy groups -OCH3 is 1. The maximum atomic E-state index is 13.3. The molecule has 0 amide bonds. The van der Waals surface area contributed by atoms with Crippen LogP contribution in [0.15, 0.2) is 52.7 Å². The number of halogens is 9. The number of sulfonamides is 1. The second kappa shape index (κ2) is 10.0. The fourth-order valence-corrected chi connectivity index (χ4v) is 4.76. The van der Waals surface area contributed by atoms with E-state index in [2.05, 4.69) is 4.74 Å². The fourth-order valence-electron chi connectivity index (χ4n) is 2.90. The summed E-state index contributed by atoms with van der Waals surface area (Å²) in [6.45, 7) is 0. The first-order valence-electron chi connectivity index (χ1n) is 9.70. The van der Waals surface area contributed by atoms with E-state index in [9.17, 15) is 52.7 Å². The molecule has 0 atom stereocenters. The topological polar surface area (TPSA) is 81.7 Å². The number of hydrogen-bond donors (Lipinski definition) is 1. The zero-order valence-corrected chi connectivity index (χ0v) is 20.0. The number of rotatable bonds is 6. The molecule has 1 heterocycles. The van der Waals surface area contributed by atoms with Crippen LogP contribution in [0.3, 0.4) is 0 Å². The second-order valence-corrected chi connectivity index (χ2v) is 9.86. The van der Waals surface area contributed by atoms with Crippen LogP contribution in [-0.4, -0.2) is 21.5 Å². The Morgan fingerprint density at radius 2 is 1.34 bits per heavy atom. The van der Waals surface area contributed by atoms with Crippen LogP contribution in [0.2, 0.25) is 0 Å². The van der Waals surface area contributed by atoms with E-state index in [1.807, 2.05) is 0 Å². The number of nitrogens with one attached hydrogen (secondary N) is 1. The van der Waals surface area contributed by atoms with Gasteiger partial charge in [0, 0.05) is 0 Å². The Bertz CT molecular complexity index is 1430. The second-order valence-electron chi connectivity index (χ2n) is 7.26. The van der Waals surface area contributed by atoms with Crippen molar-refractivity contribution < 1.29 is 62.2 Å². The van der Waals surface area contributed by atoms with Gasteiger partial charge in [0.05, 0.1) is 34.4 Å². The number of carbonyl (C=O) groups excluding carboxylic acids is 1. The minimum absolute atomic E-state index is 0.111. The Kier molecular flexibility index (Phi) is 7.66. The Labute approximate surface area is 211 Å². The van der Waals surface area contributed by atoms with Gasteiger partial charge in [-0.2, -0.15) is 39.5 Å². The van der Waals surface area contributed by atoms with Crippen LogP contribution < -0.4 is 9.46 Å². The summed E-state index contributed by atoms with van der Waals surface area (Å²) in [6.07, 6.45) is -15.8. The molecule has 0 spiro atoms. The molecule has 0 fully saturated rings. The van der Waals surface area contributed by atoms with E-state index < -0.39 is 67.5 Å².